The Morgan fingerprint density at radius 2 is 1.65 bits per heavy atom. The lowest BCUT2D eigenvalue weighted by molar-refractivity contribution is -0.142. The molecule has 20 heavy (non-hydrogen) atoms. The molecular formula is C16H23NO3. The van der Waals surface area contributed by atoms with Gasteiger partial charge in [0.05, 0.1) is 0 Å². The first kappa shape index (κ1) is 16.2. The molecule has 0 aliphatic heterocycles. The topological polar surface area (TPSA) is 66.4 Å². The molecule has 0 saturated carbocycles. The van der Waals surface area contributed by atoms with E-state index in [1.165, 1.54) is 0 Å². The molecule has 0 heterocycles. The van der Waals surface area contributed by atoms with Gasteiger partial charge >= 0.3 is 5.97 Å². The third-order valence-electron chi connectivity index (χ3n) is 3.31. The molecule has 1 aromatic carbocycles. The number of hydrogen-bond acceptors (Lipinski definition) is 2. The van der Waals surface area contributed by atoms with Crippen molar-refractivity contribution in [3.05, 3.63) is 35.9 Å². The first-order chi connectivity index (χ1) is 9.60. The van der Waals surface area contributed by atoms with Crippen LogP contribution in [-0.4, -0.2) is 17.0 Å². The predicted molar refractivity (Wildman–Crippen MR) is 78.3 cm³/mol. The highest BCUT2D eigenvalue weighted by atomic mass is 16.4. The number of amides is 1. The van der Waals surface area contributed by atoms with Gasteiger partial charge in [-0.05, 0) is 18.4 Å². The minimum atomic E-state index is -1.03. The summed E-state index contributed by atoms with van der Waals surface area (Å²) in [6.07, 6.45) is 3.42. The molecule has 110 valence electrons. The summed E-state index contributed by atoms with van der Waals surface area (Å²) in [4.78, 5) is 23.6. The van der Waals surface area contributed by atoms with Crippen molar-refractivity contribution in [3.8, 4) is 0 Å². The molecule has 1 atom stereocenters. The molecule has 4 nitrogen and oxygen atoms in total. The van der Waals surface area contributed by atoms with Crippen LogP contribution >= 0.6 is 0 Å². The highest BCUT2D eigenvalue weighted by Crippen LogP contribution is 2.18. The lowest BCUT2D eigenvalue weighted by Crippen LogP contribution is -2.37. The van der Waals surface area contributed by atoms with Crippen molar-refractivity contribution in [2.75, 3.05) is 0 Å². The largest absolute Gasteiger partial charge is 0.479 e. The molecule has 2 N–H and O–H groups in total. The second-order valence-corrected chi connectivity index (χ2v) is 4.96. The van der Waals surface area contributed by atoms with Gasteiger partial charge in [0.15, 0.2) is 6.04 Å². The van der Waals surface area contributed by atoms with Crippen molar-refractivity contribution in [2.45, 2.75) is 45.6 Å². The molecule has 0 unspecified atom stereocenters. The first-order valence-electron chi connectivity index (χ1n) is 7.18. The Bertz CT molecular complexity index is 425. The summed E-state index contributed by atoms with van der Waals surface area (Å²) in [7, 11) is 0. The first-order valence-corrected chi connectivity index (χ1v) is 7.18. The van der Waals surface area contributed by atoms with Crippen LogP contribution in [0.4, 0.5) is 0 Å². The second-order valence-electron chi connectivity index (χ2n) is 4.96. The molecule has 0 fully saturated rings. The minimum Gasteiger partial charge on any atom is -0.479 e. The molecule has 0 radical (unpaired) electrons. The maximum atomic E-state index is 12.2. The number of carbonyl (C=O) groups excluding carboxylic acids is 1. The van der Waals surface area contributed by atoms with Crippen molar-refractivity contribution in [1.82, 2.24) is 5.32 Å². The Morgan fingerprint density at radius 3 is 2.10 bits per heavy atom. The van der Waals surface area contributed by atoms with Gasteiger partial charge in [0.25, 0.3) is 0 Å². The second kappa shape index (κ2) is 8.35. The number of nitrogens with one attached hydrogen (secondary N) is 1. The fourth-order valence-corrected chi connectivity index (χ4v) is 2.30. The van der Waals surface area contributed by atoms with Gasteiger partial charge in [-0.25, -0.2) is 4.79 Å². The minimum absolute atomic E-state index is 0.101. The molecule has 0 aromatic heterocycles. The van der Waals surface area contributed by atoms with Crippen LogP contribution in [0.2, 0.25) is 0 Å². The monoisotopic (exact) mass is 277 g/mol. The fraction of sp³-hybridized carbons (Fsp3) is 0.500. The molecule has 1 aromatic rings. The SMILES string of the molecule is CCCC(CCC)C(=O)N[C@@H](C(=O)O)c1ccccc1. The van der Waals surface area contributed by atoms with Gasteiger partial charge in [0, 0.05) is 5.92 Å². The van der Waals surface area contributed by atoms with Crippen molar-refractivity contribution in [1.29, 1.82) is 0 Å². The number of rotatable bonds is 8. The van der Waals surface area contributed by atoms with Gasteiger partial charge in [-0.2, -0.15) is 0 Å². The molecule has 0 saturated heterocycles. The number of benzene rings is 1. The summed E-state index contributed by atoms with van der Waals surface area (Å²) in [6, 6.07) is 7.82. The van der Waals surface area contributed by atoms with Crippen LogP contribution in [0.1, 0.15) is 51.1 Å². The Balaban J connectivity index is 2.80. The van der Waals surface area contributed by atoms with Crippen LogP contribution in [-0.2, 0) is 9.59 Å². The number of carbonyl (C=O) groups is 2. The highest BCUT2D eigenvalue weighted by Gasteiger charge is 2.25. The van der Waals surface area contributed by atoms with E-state index in [-0.39, 0.29) is 11.8 Å². The van der Waals surface area contributed by atoms with Gasteiger partial charge in [-0.1, -0.05) is 57.0 Å². The van der Waals surface area contributed by atoms with Gasteiger partial charge < -0.3 is 10.4 Å². The van der Waals surface area contributed by atoms with Crippen LogP contribution in [0, 0.1) is 5.92 Å². The average Bonchev–Trinajstić information content (AvgIpc) is 2.45. The molecule has 4 heteroatoms. The standard InChI is InChI=1S/C16H23NO3/c1-3-8-13(9-4-2)15(18)17-14(16(19)20)12-10-6-5-7-11-12/h5-7,10-11,13-14H,3-4,8-9H2,1-2H3,(H,17,18)(H,19,20)/t14-/m1/s1. The molecule has 0 bridgehead atoms. The smallest absolute Gasteiger partial charge is 0.330 e. The van der Waals surface area contributed by atoms with Crippen LogP contribution in [0.25, 0.3) is 0 Å². The quantitative estimate of drug-likeness (QED) is 0.767. The zero-order valence-corrected chi connectivity index (χ0v) is 12.1. The van der Waals surface area contributed by atoms with Crippen molar-refractivity contribution < 1.29 is 14.7 Å². The van der Waals surface area contributed by atoms with Gasteiger partial charge in [-0.3, -0.25) is 4.79 Å². The van der Waals surface area contributed by atoms with E-state index in [0.717, 1.165) is 25.7 Å². The lowest BCUT2D eigenvalue weighted by Gasteiger charge is -2.20. The van der Waals surface area contributed by atoms with Crippen molar-refractivity contribution in [2.24, 2.45) is 5.92 Å². The van der Waals surface area contributed by atoms with E-state index in [9.17, 15) is 14.7 Å². The van der Waals surface area contributed by atoms with E-state index in [2.05, 4.69) is 5.32 Å². The Kier molecular flexibility index (Phi) is 6.77. The van der Waals surface area contributed by atoms with Gasteiger partial charge in [0.1, 0.15) is 0 Å². The maximum absolute atomic E-state index is 12.2. The number of hydrogen-bond donors (Lipinski definition) is 2. The van der Waals surface area contributed by atoms with Crippen LogP contribution < -0.4 is 5.32 Å². The summed E-state index contributed by atoms with van der Waals surface area (Å²) < 4.78 is 0. The number of aliphatic carboxylic acids is 1. The highest BCUT2D eigenvalue weighted by molar-refractivity contribution is 5.85. The van der Waals surface area contributed by atoms with E-state index in [4.69, 9.17) is 0 Å². The van der Waals surface area contributed by atoms with Crippen molar-refractivity contribution in [3.63, 3.8) is 0 Å². The van der Waals surface area contributed by atoms with Crippen LogP contribution in [0.5, 0.6) is 0 Å². The van der Waals surface area contributed by atoms with Crippen molar-refractivity contribution >= 4 is 11.9 Å². The summed E-state index contributed by atoms with van der Waals surface area (Å²) in [5, 5.41) is 12.0. The zero-order chi connectivity index (χ0) is 15.0. The number of carboxylic acid groups (broad SMARTS) is 1. The average molecular weight is 277 g/mol. The van der Waals surface area contributed by atoms with E-state index in [0.29, 0.717) is 5.56 Å². The van der Waals surface area contributed by atoms with Crippen LogP contribution in [0.15, 0.2) is 30.3 Å². The predicted octanol–water partition coefficient (Wildman–Crippen LogP) is 3.14. The molecule has 1 rings (SSSR count). The summed E-state index contributed by atoms with van der Waals surface area (Å²) in [6.45, 7) is 4.06. The van der Waals surface area contributed by atoms with E-state index in [1.54, 1.807) is 24.3 Å². The number of carboxylic acids is 1. The molecule has 0 aliphatic carbocycles. The normalized spacial score (nSPS) is 12.2. The molecule has 0 spiro atoms. The Hall–Kier alpha value is -1.84. The van der Waals surface area contributed by atoms with Gasteiger partial charge in [-0.15, -0.1) is 0 Å². The fourth-order valence-electron chi connectivity index (χ4n) is 2.30. The molecule has 1 amide bonds. The summed E-state index contributed by atoms with van der Waals surface area (Å²) >= 11 is 0. The summed E-state index contributed by atoms with van der Waals surface area (Å²) in [5.41, 5.74) is 0.597. The van der Waals surface area contributed by atoms with Gasteiger partial charge in [0.2, 0.25) is 5.91 Å². The maximum Gasteiger partial charge on any atom is 0.330 e. The van der Waals surface area contributed by atoms with E-state index in [1.807, 2.05) is 19.9 Å². The Labute approximate surface area is 120 Å². The Morgan fingerprint density at radius 1 is 1.10 bits per heavy atom. The third kappa shape index (κ3) is 4.68. The zero-order valence-electron chi connectivity index (χ0n) is 12.1. The molecular weight excluding hydrogens is 254 g/mol. The third-order valence-corrected chi connectivity index (χ3v) is 3.31. The summed E-state index contributed by atoms with van der Waals surface area (Å²) in [5.74, 6) is -1.29. The lowest BCUT2D eigenvalue weighted by atomic mass is 9.96. The van der Waals surface area contributed by atoms with Crippen LogP contribution in [0.3, 0.4) is 0 Å². The van der Waals surface area contributed by atoms with E-state index >= 15 is 0 Å². The van der Waals surface area contributed by atoms with E-state index < -0.39 is 12.0 Å². The molecule has 0 aliphatic rings.